The van der Waals surface area contributed by atoms with E-state index >= 15 is 0 Å². The van der Waals surface area contributed by atoms with Crippen molar-refractivity contribution in [3.05, 3.63) is 75.5 Å². The van der Waals surface area contributed by atoms with Crippen molar-refractivity contribution in [2.45, 2.75) is 26.3 Å². The molecule has 36 heavy (non-hydrogen) atoms. The number of pyridine rings is 1. The van der Waals surface area contributed by atoms with Crippen LogP contribution in [0.15, 0.2) is 42.9 Å². The standard InChI is InChI=1S/C26H24Cl2N6O2/c1-15-30-10-21(28)22(31-15)24(36)33-13-26(14-33)11-32(12-26)17-7-18(9-29-8-17)34-23(35)19-5-4-16(27)6-20(19)25(34,2)3/h4-10H,11-14H2,1-3H3. The Morgan fingerprint density at radius 1 is 1.00 bits per heavy atom. The molecule has 2 amide bonds. The SMILES string of the molecule is Cc1ncc(Cl)c(C(=O)N2CC3(C2)CN(c2cncc(N4C(=O)c5ccc(Cl)cc5C4(C)C)c2)C3)n1. The topological polar surface area (TPSA) is 82.5 Å². The van der Waals surface area contributed by atoms with Crippen LogP contribution in [0, 0.1) is 12.3 Å². The van der Waals surface area contributed by atoms with Crippen LogP contribution in [0.3, 0.4) is 0 Å². The van der Waals surface area contributed by atoms with E-state index in [1.165, 1.54) is 6.20 Å². The van der Waals surface area contributed by atoms with Crippen molar-refractivity contribution < 1.29 is 9.59 Å². The lowest BCUT2D eigenvalue weighted by Gasteiger charge is -2.60. The van der Waals surface area contributed by atoms with Gasteiger partial charge in [-0.05, 0) is 50.6 Å². The summed E-state index contributed by atoms with van der Waals surface area (Å²) in [5, 5.41) is 0.882. The highest BCUT2D eigenvalue weighted by molar-refractivity contribution is 6.33. The second-order valence-corrected chi connectivity index (χ2v) is 11.3. The zero-order chi connectivity index (χ0) is 25.4. The van der Waals surface area contributed by atoms with Gasteiger partial charge in [0, 0.05) is 42.2 Å². The van der Waals surface area contributed by atoms with Crippen LogP contribution in [0.25, 0.3) is 0 Å². The fraction of sp³-hybridized carbons (Fsp3) is 0.346. The van der Waals surface area contributed by atoms with Crippen LogP contribution in [-0.2, 0) is 5.54 Å². The number of nitrogens with zero attached hydrogens (tertiary/aromatic N) is 6. The van der Waals surface area contributed by atoms with Crippen LogP contribution in [0.2, 0.25) is 10.0 Å². The summed E-state index contributed by atoms with van der Waals surface area (Å²) in [5.74, 6) is 0.302. The molecule has 1 aromatic carbocycles. The Morgan fingerprint density at radius 2 is 1.72 bits per heavy atom. The largest absolute Gasteiger partial charge is 0.369 e. The zero-order valence-corrected chi connectivity index (χ0v) is 21.6. The molecular weight excluding hydrogens is 499 g/mol. The van der Waals surface area contributed by atoms with Gasteiger partial charge in [0.2, 0.25) is 0 Å². The van der Waals surface area contributed by atoms with Crippen LogP contribution in [0.5, 0.6) is 0 Å². The maximum atomic E-state index is 13.3. The molecule has 10 heteroatoms. The van der Waals surface area contributed by atoms with E-state index in [-0.39, 0.29) is 27.9 Å². The first-order valence-corrected chi connectivity index (χ1v) is 12.5. The van der Waals surface area contributed by atoms with Crippen molar-refractivity contribution >= 4 is 46.4 Å². The lowest BCUT2D eigenvalue weighted by Crippen LogP contribution is -2.73. The van der Waals surface area contributed by atoms with Gasteiger partial charge in [-0.2, -0.15) is 0 Å². The molecule has 2 fully saturated rings. The monoisotopic (exact) mass is 522 g/mol. The zero-order valence-electron chi connectivity index (χ0n) is 20.1. The van der Waals surface area contributed by atoms with E-state index in [0.29, 0.717) is 29.5 Å². The number of carbonyl (C=O) groups excluding carboxylic acids is 2. The molecule has 0 bridgehead atoms. The molecule has 5 heterocycles. The molecule has 0 N–H and O–H groups in total. The minimum absolute atomic E-state index is 0.0515. The van der Waals surface area contributed by atoms with Gasteiger partial charge >= 0.3 is 0 Å². The van der Waals surface area contributed by atoms with Crippen LogP contribution < -0.4 is 9.80 Å². The summed E-state index contributed by atoms with van der Waals surface area (Å²) in [6.45, 7) is 8.71. The third kappa shape index (κ3) is 3.46. The second kappa shape index (κ2) is 7.88. The van der Waals surface area contributed by atoms with E-state index in [9.17, 15) is 9.59 Å². The molecule has 0 radical (unpaired) electrons. The highest BCUT2D eigenvalue weighted by atomic mass is 35.5. The number of fused-ring (bicyclic) bond motifs is 1. The normalized spacial score (nSPS) is 19.2. The molecule has 0 unspecified atom stereocenters. The van der Waals surface area contributed by atoms with Gasteiger partial charge in [0.15, 0.2) is 5.69 Å². The number of anilines is 2. The van der Waals surface area contributed by atoms with Gasteiger partial charge in [-0.3, -0.25) is 19.5 Å². The maximum Gasteiger partial charge on any atom is 0.274 e. The number of halogens is 2. The van der Waals surface area contributed by atoms with Crippen LogP contribution in [0.1, 0.15) is 46.1 Å². The number of aromatic nitrogens is 3. The summed E-state index contributed by atoms with van der Waals surface area (Å²) in [7, 11) is 0. The number of amides is 2. The van der Waals surface area contributed by atoms with Gasteiger partial charge in [-0.15, -0.1) is 0 Å². The molecule has 3 aliphatic rings. The van der Waals surface area contributed by atoms with E-state index in [1.54, 1.807) is 35.1 Å². The molecule has 0 aliphatic carbocycles. The predicted octanol–water partition coefficient (Wildman–Crippen LogP) is 4.34. The van der Waals surface area contributed by atoms with Gasteiger partial charge in [0.25, 0.3) is 11.8 Å². The Kier molecular flexibility index (Phi) is 5.08. The van der Waals surface area contributed by atoms with Gasteiger partial charge < -0.3 is 9.80 Å². The quantitative estimate of drug-likeness (QED) is 0.508. The van der Waals surface area contributed by atoms with Crippen molar-refractivity contribution in [3.8, 4) is 0 Å². The number of likely N-dealkylation sites (tertiary alicyclic amines) is 1. The second-order valence-electron chi connectivity index (χ2n) is 10.4. The van der Waals surface area contributed by atoms with Gasteiger partial charge in [0.05, 0.1) is 40.5 Å². The number of benzene rings is 1. The lowest BCUT2D eigenvalue weighted by molar-refractivity contribution is -0.0109. The number of hydrogen-bond acceptors (Lipinski definition) is 6. The van der Waals surface area contributed by atoms with E-state index < -0.39 is 5.54 Å². The smallest absolute Gasteiger partial charge is 0.274 e. The first kappa shape index (κ1) is 23.2. The number of carbonyl (C=O) groups is 2. The molecule has 3 aliphatic heterocycles. The van der Waals surface area contributed by atoms with Gasteiger partial charge in [-0.25, -0.2) is 9.97 Å². The predicted molar refractivity (Wildman–Crippen MR) is 138 cm³/mol. The Bertz CT molecular complexity index is 1430. The van der Waals surface area contributed by atoms with E-state index in [2.05, 4.69) is 19.9 Å². The van der Waals surface area contributed by atoms with E-state index in [4.69, 9.17) is 23.2 Å². The third-order valence-electron chi connectivity index (χ3n) is 7.43. The molecule has 2 aromatic heterocycles. The average Bonchev–Trinajstić information content (AvgIpc) is 2.98. The van der Waals surface area contributed by atoms with Crippen LogP contribution in [0.4, 0.5) is 11.4 Å². The average molecular weight is 523 g/mol. The molecule has 1 spiro atoms. The molecule has 6 rings (SSSR count). The highest BCUT2D eigenvalue weighted by Crippen LogP contribution is 2.46. The summed E-state index contributed by atoms with van der Waals surface area (Å²) in [5.41, 5.74) is 3.03. The van der Waals surface area contributed by atoms with Crippen molar-refractivity contribution in [1.29, 1.82) is 0 Å². The Hall–Kier alpha value is -3.23. The Labute approximate surface area is 218 Å². The van der Waals surface area contributed by atoms with Crippen LogP contribution >= 0.6 is 23.2 Å². The molecule has 8 nitrogen and oxygen atoms in total. The Balaban J connectivity index is 1.16. The van der Waals surface area contributed by atoms with E-state index in [0.717, 1.165) is 30.0 Å². The third-order valence-corrected chi connectivity index (χ3v) is 7.94. The fourth-order valence-corrected chi connectivity index (χ4v) is 6.01. The van der Waals surface area contributed by atoms with Gasteiger partial charge in [0.1, 0.15) is 5.82 Å². The summed E-state index contributed by atoms with van der Waals surface area (Å²) < 4.78 is 0. The number of aryl methyl sites for hydroxylation is 1. The molecule has 2 saturated heterocycles. The van der Waals surface area contributed by atoms with Crippen molar-refractivity contribution in [2.75, 3.05) is 36.0 Å². The maximum absolute atomic E-state index is 13.3. The molecular formula is C26H24Cl2N6O2. The molecule has 3 aromatic rings. The molecule has 0 atom stereocenters. The van der Waals surface area contributed by atoms with Crippen molar-refractivity contribution in [2.24, 2.45) is 5.41 Å². The summed E-state index contributed by atoms with van der Waals surface area (Å²) >= 11 is 12.4. The minimum atomic E-state index is -0.552. The van der Waals surface area contributed by atoms with E-state index in [1.807, 2.05) is 32.2 Å². The fourth-order valence-electron chi connectivity index (χ4n) is 5.66. The first-order valence-electron chi connectivity index (χ1n) is 11.7. The van der Waals surface area contributed by atoms with Crippen LogP contribution in [-0.4, -0.2) is 57.8 Å². The summed E-state index contributed by atoms with van der Waals surface area (Å²) in [4.78, 5) is 44.7. The molecule has 184 valence electrons. The number of hydrogen-bond donors (Lipinski definition) is 0. The Morgan fingerprint density at radius 3 is 2.47 bits per heavy atom. The van der Waals surface area contributed by atoms with Crippen molar-refractivity contribution in [1.82, 2.24) is 19.9 Å². The highest BCUT2D eigenvalue weighted by Gasteiger charge is 2.54. The molecule has 0 saturated carbocycles. The minimum Gasteiger partial charge on any atom is -0.369 e. The summed E-state index contributed by atoms with van der Waals surface area (Å²) in [6.07, 6.45) is 5.01. The number of rotatable bonds is 3. The first-order chi connectivity index (χ1) is 17.1. The van der Waals surface area contributed by atoms with Gasteiger partial charge in [-0.1, -0.05) is 23.2 Å². The van der Waals surface area contributed by atoms with Crippen molar-refractivity contribution in [3.63, 3.8) is 0 Å². The lowest BCUT2D eigenvalue weighted by atomic mass is 9.72. The summed E-state index contributed by atoms with van der Waals surface area (Å²) in [6, 6.07) is 7.42.